The van der Waals surface area contributed by atoms with Crippen molar-refractivity contribution < 1.29 is 23.8 Å². The molecule has 0 saturated carbocycles. The van der Waals surface area contributed by atoms with Gasteiger partial charge in [-0.15, -0.1) is 0 Å². The first-order valence-electron chi connectivity index (χ1n) is 9.76. The van der Waals surface area contributed by atoms with Crippen molar-refractivity contribution in [1.82, 2.24) is 10.3 Å². The summed E-state index contributed by atoms with van der Waals surface area (Å²) in [6.45, 7) is 8.81. The first-order valence-corrected chi connectivity index (χ1v) is 9.76. The van der Waals surface area contributed by atoms with E-state index in [0.717, 1.165) is 5.56 Å². The highest BCUT2D eigenvalue weighted by Gasteiger charge is 2.23. The van der Waals surface area contributed by atoms with Gasteiger partial charge in [0.05, 0.1) is 23.9 Å². The van der Waals surface area contributed by atoms with Crippen LogP contribution in [-0.2, 0) is 4.74 Å². The number of fused-ring (bicyclic) bond motifs is 1. The van der Waals surface area contributed by atoms with Crippen molar-refractivity contribution in [2.75, 3.05) is 19.8 Å². The van der Waals surface area contributed by atoms with E-state index in [-0.39, 0.29) is 30.2 Å². The summed E-state index contributed by atoms with van der Waals surface area (Å²) < 4.78 is 16.2. The molecule has 154 valence electrons. The number of carbonyl (C=O) groups excluding carboxylic acids is 2. The molecule has 0 radical (unpaired) electrons. The number of esters is 1. The van der Waals surface area contributed by atoms with Gasteiger partial charge in [0, 0.05) is 0 Å². The molecule has 1 amide bonds. The van der Waals surface area contributed by atoms with Gasteiger partial charge in [0.1, 0.15) is 18.9 Å². The lowest BCUT2D eigenvalue weighted by Gasteiger charge is -2.25. The fourth-order valence-electron chi connectivity index (χ4n) is 3.22. The van der Waals surface area contributed by atoms with E-state index < -0.39 is 5.97 Å². The number of rotatable bonds is 6. The quantitative estimate of drug-likeness (QED) is 0.750. The Morgan fingerprint density at radius 1 is 1.14 bits per heavy atom. The molecule has 1 N–H and O–H groups in total. The predicted molar refractivity (Wildman–Crippen MR) is 107 cm³/mol. The van der Waals surface area contributed by atoms with Crippen molar-refractivity contribution in [3.05, 3.63) is 52.8 Å². The lowest BCUT2D eigenvalue weighted by molar-refractivity contribution is 0.0524. The van der Waals surface area contributed by atoms with Gasteiger partial charge in [-0.3, -0.25) is 4.79 Å². The third kappa shape index (κ3) is 4.67. The Hall–Kier alpha value is -3.09. The van der Waals surface area contributed by atoms with Crippen molar-refractivity contribution in [3.8, 4) is 11.5 Å². The summed E-state index contributed by atoms with van der Waals surface area (Å²) in [6, 6.07) is 8.58. The topological polar surface area (TPSA) is 86.8 Å². The number of pyridine rings is 1. The summed E-state index contributed by atoms with van der Waals surface area (Å²) in [4.78, 5) is 29.1. The number of nitrogens with one attached hydrogen (secondary N) is 1. The maximum Gasteiger partial charge on any atom is 0.339 e. The van der Waals surface area contributed by atoms with Gasteiger partial charge in [0.15, 0.2) is 11.5 Å². The van der Waals surface area contributed by atoms with E-state index >= 15 is 0 Å². The molecule has 0 aliphatic carbocycles. The monoisotopic (exact) mass is 398 g/mol. The normalized spacial score (nSPS) is 13.7. The zero-order valence-electron chi connectivity index (χ0n) is 17.2. The van der Waals surface area contributed by atoms with Crippen molar-refractivity contribution in [2.24, 2.45) is 5.92 Å². The van der Waals surface area contributed by atoms with Crippen LogP contribution in [0, 0.1) is 12.8 Å². The van der Waals surface area contributed by atoms with Gasteiger partial charge in [-0.1, -0.05) is 19.9 Å². The van der Waals surface area contributed by atoms with E-state index in [9.17, 15) is 9.59 Å². The maximum absolute atomic E-state index is 12.8. The molecule has 2 heterocycles. The second-order valence-electron chi connectivity index (χ2n) is 7.15. The maximum atomic E-state index is 12.8. The zero-order valence-corrected chi connectivity index (χ0v) is 17.2. The molecule has 0 saturated heterocycles. The highest BCUT2D eigenvalue weighted by Crippen LogP contribution is 2.34. The molecular weight excluding hydrogens is 372 g/mol. The van der Waals surface area contributed by atoms with Crippen molar-refractivity contribution in [1.29, 1.82) is 0 Å². The first-order chi connectivity index (χ1) is 13.9. The second-order valence-corrected chi connectivity index (χ2v) is 7.15. The van der Waals surface area contributed by atoms with Crippen LogP contribution in [0.5, 0.6) is 11.5 Å². The Morgan fingerprint density at radius 3 is 2.52 bits per heavy atom. The summed E-state index contributed by atoms with van der Waals surface area (Å²) >= 11 is 0. The summed E-state index contributed by atoms with van der Waals surface area (Å²) in [5, 5.41) is 3.04. The number of aryl methyl sites for hydroxylation is 1. The number of hydrogen-bond acceptors (Lipinski definition) is 6. The number of nitrogens with zero attached hydrogens (tertiary/aromatic N) is 1. The molecule has 1 aromatic heterocycles. The van der Waals surface area contributed by atoms with Gasteiger partial charge in [0.2, 0.25) is 0 Å². The van der Waals surface area contributed by atoms with Crippen LogP contribution in [-0.4, -0.2) is 36.7 Å². The number of carbonyl (C=O) groups is 2. The number of amides is 1. The van der Waals surface area contributed by atoms with E-state index in [1.807, 2.05) is 32.0 Å². The van der Waals surface area contributed by atoms with Crippen molar-refractivity contribution >= 4 is 11.9 Å². The Morgan fingerprint density at radius 2 is 1.86 bits per heavy atom. The minimum Gasteiger partial charge on any atom is -0.486 e. The molecule has 7 nitrogen and oxygen atoms in total. The van der Waals surface area contributed by atoms with Crippen molar-refractivity contribution in [2.45, 2.75) is 33.7 Å². The van der Waals surface area contributed by atoms with Gasteiger partial charge in [0.25, 0.3) is 5.91 Å². The average Bonchev–Trinajstić information content (AvgIpc) is 2.71. The first kappa shape index (κ1) is 20.6. The third-order valence-electron chi connectivity index (χ3n) is 4.69. The molecule has 1 aromatic carbocycles. The van der Waals surface area contributed by atoms with Gasteiger partial charge in [-0.2, -0.15) is 0 Å². The van der Waals surface area contributed by atoms with Crippen molar-refractivity contribution in [3.63, 3.8) is 0 Å². The van der Waals surface area contributed by atoms with Gasteiger partial charge in [-0.05, 0) is 49.6 Å². The van der Waals surface area contributed by atoms with Crippen LogP contribution >= 0.6 is 0 Å². The molecule has 7 heteroatoms. The van der Waals surface area contributed by atoms with Crippen LogP contribution < -0.4 is 14.8 Å². The molecule has 3 rings (SSSR count). The Labute approximate surface area is 170 Å². The van der Waals surface area contributed by atoms with Crippen LogP contribution in [0.2, 0.25) is 0 Å². The molecule has 1 atom stereocenters. The number of hydrogen-bond donors (Lipinski definition) is 1. The number of aromatic nitrogens is 1. The molecular formula is C22H26N2O5. The van der Waals surface area contributed by atoms with Crippen LogP contribution in [0.15, 0.2) is 30.3 Å². The Bertz CT molecular complexity index is 910. The zero-order chi connectivity index (χ0) is 21.0. The highest BCUT2D eigenvalue weighted by atomic mass is 16.6. The standard InChI is InChI=1S/C22H26N2O5/c1-5-27-22(26)16-7-8-17(23-14(16)4)21(25)24-20(13(2)3)15-6-9-18-19(12-15)29-11-10-28-18/h6-9,12-13,20H,5,10-11H2,1-4H3,(H,24,25). The second kappa shape index (κ2) is 8.94. The summed E-state index contributed by atoms with van der Waals surface area (Å²) in [5.41, 5.74) is 1.99. The minimum absolute atomic E-state index is 0.140. The molecule has 29 heavy (non-hydrogen) atoms. The van der Waals surface area contributed by atoms with E-state index in [0.29, 0.717) is 36.0 Å². The number of ether oxygens (including phenoxy) is 3. The average molecular weight is 398 g/mol. The third-order valence-corrected chi connectivity index (χ3v) is 4.69. The summed E-state index contributed by atoms with van der Waals surface area (Å²) in [5.74, 6) is 0.779. The summed E-state index contributed by atoms with van der Waals surface area (Å²) in [7, 11) is 0. The van der Waals surface area contributed by atoms with Crippen LogP contribution in [0.1, 0.15) is 58.9 Å². The van der Waals surface area contributed by atoms with E-state index in [2.05, 4.69) is 10.3 Å². The van der Waals surface area contributed by atoms with Crippen LogP contribution in [0.25, 0.3) is 0 Å². The molecule has 0 spiro atoms. The lowest BCUT2D eigenvalue weighted by Crippen LogP contribution is -2.32. The molecule has 0 bridgehead atoms. The fourth-order valence-corrected chi connectivity index (χ4v) is 3.22. The predicted octanol–water partition coefficient (Wildman–Crippen LogP) is 3.47. The Kier molecular flexibility index (Phi) is 6.36. The van der Waals surface area contributed by atoms with Gasteiger partial charge < -0.3 is 19.5 Å². The highest BCUT2D eigenvalue weighted by molar-refractivity contribution is 5.95. The van der Waals surface area contributed by atoms with E-state index in [4.69, 9.17) is 14.2 Å². The van der Waals surface area contributed by atoms with E-state index in [1.165, 1.54) is 6.07 Å². The molecule has 0 fully saturated rings. The van der Waals surface area contributed by atoms with Gasteiger partial charge in [-0.25, -0.2) is 9.78 Å². The molecule has 1 aliphatic rings. The van der Waals surface area contributed by atoms with E-state index in [1.54, 1.807) is 19.9 Å². The van der Waals surface area contributed by atoms with Gasteiger partial charge >= 0.3 is 5.97 Å². The molecule has 2 aromatic rings. The Balaban J connectivity index is 1.80. The minimum atomic E-state index is -0.444. The molecule has 1 unspecified atom stereocenters. The van der Waals surface area contributed by atoms with Crippen LogP contribution in [0.4, 0.5) is 0 Å². The SMILES string of the molecule is CCOC(=O)c1ccc(C(=O)NC(c2ccc3c(c2)OCCO3)C(C)C)nc1C. The number of benzene rings is 1. The molecule has 1 aliphatic heterocycles. The smallest absolute Gasteiger partial charge is 0.339 e. The van der Waals surface area contributed by atoms with Crippen LogP contribution in [0.3, 0.4) is 0 Å². The fraction of sp³-hybridized carbons (Fsp3) is 0.409. The lowest BCUT2D eigenvalue weighted by atomic mass is 9.95. The largest absolute Gasteiger partial charge is 0.486 e. The summed E-state index contributed by atoms with van der Waals surface area (Å²) in [6.07, 6.45) is 0.